The van der Waals surface area contributed by atoms with Crippen molar-refractivity contribution in [1.29, 1.82) is 0 Å². The number of rotatable bonds is 7. The molecule has 0 spiro atoms. The van der Waals surface area contributed by atoms with Crippen molar-refractivity contribution in [3.05, 3.63) is 66.4 Å². The van der Waals surface area contributed by atoms with Gasteiger partial charge in [0.1, 0.15) is 17.4 Å². The second-order valence-electron chi connectivity index (χ2n) is 5.60. The molecule has 28 heavy (non-hydrogen) atoms. The van der Waals surface area contributed by atoms with E-state index in [9.17, 15) is 13.6 Å². The van der Waals surface area contributed by atoms with Gasteiger partial charge in [0, 0.05) is 18.9 Å². The van der Waals surface area contributed by atoms with Gasteiger partial charge in [-0.3, -0.25) is 10.2 Å². The normalized spacial score (nSPS) is 10.5. The SMILES string of the molecule is COCCN(C(=O)Nc1ncc(Oc2cccc(F)c2)s1)c1cccc(F)c1. The van der Waals surface area contributed by atoms with E-state index in [0.717, 1.165) is 11.3 Å². The number of aromatic nitrogens is 1. The van der Waals surface area contributed by atoms with Gasteiger partial charge in [-0.2, -0.15) is 0 Å². The third-order valence-electron chi connectivity index (χ3n) is 3.60. The second-order valence-corrected chi connectivity index (χ2v) is 6.59. The Morgan fingerprint density at radius 1 is 1.18 bits per heavy atom. The smallest absolute Gasteiger partial charge is 0.328 e. The van der Waals surface area contributed by atoms with Crippen LogP contribution in [-0.4, -0.2) is 31.3 Å². The summed E-state index contributed by atoms with van der Waals surface area (Å²) in [5, 5.41) is 3.32. The van der Waals surface area contributed by atoms with Crippen molar-refractivity contribution >= 4 is 28.2 Å². The summed E-state index contributed by atoms with van der Waals surface area (Å²) in [6.07, 6.45) is 1.42. The number of nitrogens with one attached hydrogen (secondary N) is 1. The molecule has 1 heterocycles. The summed E-state index contributed by atoms with van der Waals surface area (Å²) in [4.78, 5) is 18.1. The van der Waals surface area contributed by atoms with Gasteiger partial charge in [0.15, 0.2) is 5.13 Å². The summed E-state index contributed by atoms with van der Waals surface area (Å²) < 4.78 is 37.3. The molecule has 0 saturated carbocycles. The van der Waals surface area contributed by atoms with Gasteiger partial charge in [-0.1, -0.05) is 23.5 Å². The van der Waals surface area contributed by atoms with Crippen LogP contribution >= 0.6 is 11.3 Å². The Labute approximate surface area is 164 Å². The van der Waals surface area contributed by atoms with Gasteiger partial charge in [0.25, 0.3) is 0 Å². The molecule has 0 bridgehead atoms. The molecule has 146 valence electrons. The largest absolute Gasteiger partial charge is 0.445 e. The first-order chi connectivity index (χ1) is 13.5. The molecule has 3 aromatic rings. The van der Waals surface area contributed by atoms with E-state index in [0.29, 0.717) is 16.5 Å². The standard InChI is InChI=1S/C19H17F2N3O3S/c1-26-9-8-24(15-6-2-4-13(20)10-15)19(25)23-18-22-12-17(28-18)27-16-7-3-5-14(21)11-16/h2-7,10-12H,8-9H2,1H3,(H,22,23,25). The number of anilines is 2. The first-order valence-corrected chi connectivity index (χ1v) is 9.09. The Balaban J connectivity index is 1.70. The van der Waals surface area contributed by atoms with Gasteiger partial charge < -0.3 is 9.47 Å². The number of carbonyl (C=O) groups is 1. The lowest BCUT2D eigenvalue weighted by Crippen LogP contribution is -2.37. The van der Waals surface area contributed by atoms with E-state index < -0.39 is 17.7 Å². The Bertz CT molecular complexity index is 951. The van der Waals surface area contributed by atoms with E-state index in [2.05, 4.69) is 10.3 Å². The lowest BCUT2D eigenvalue weighted by Gasteiger charge is -2.22. The Morgan fingerprint density at radius 3 is 2.64 bits per heavy atom. The molecule has 1 N–H and O–H groups in total. The fraction of sp³-hybridized carbons (Fsp3) is 0.158. The fourth-order valence-electron chi connectivity index (χ4n) is 2.34. The van der Waals surface area contributed by atoms with Crippen LogP contribution in [0, 0.1) is 11.6 Å². The maximum atomic E-state index is 13.5. The molecule has 0 radical (unpaired) electrons. The zero-order valence-corrected chi connectivity index (χ0v) is 15.7. The number of urea groups is 1. The Hall–Kier alpha value is -3.04. The Kier molecular flexibility index (Phi) is 6.51. The molecule has 0 saturated heterocycles. The van der Waals surface area contributed by atoms with Crippen molar-refractivity contribution in [2.75, 3.05) is 30.5 Å². The first-order valence-electron chi connectivity index (χ1n) is 8.27. The fourth-order valence-corrected chi connectivity index (χ4v) is 3.02. The Morgan fingerprint density at radius 2 is 1.93 bits per heavy atom. The molecule has 2 aromatic carbocycles. The average molecular weight is 405 g/mol. The minimum absolute atomic E-state index is 0.226. The molecule has 0 fully saturated rings. The van der Waals surface area contributed by atoms with E-state index in [1.165, 1.54) is 54.6 Å². The van der Waals surface area contributed by atoms with Crippen molar-refractivity contribution in [3.63, 3.8) is 0 Å². The maximum Gasteiger partial charge on any atom is 0.328 e. The number of benzene rings is 2. The second kappa shape index (κ2) is 9.25. The molecule has 0 unspecified atom stereocenters. The van der Waals surface area contributed by atoms with Crippen LogP contribution in [0.4, 0.5) is 24.4 Å². The molecule has 6 nitrogen and oxygen atoms in total. The van der Waals surface area contributed by atoms with Crippen LogP contribution in [0.3, 0.4) is 0 Å². The third-order valence-corrected chi connectivity index (χ3v) is 4.39. The van der Waals surface area contributed by atoms with Crippen LogP contribution in [0.1, 0.15) is 0 Å². The summed E-state index contributed by atoms with van der Waals surface area (Å²) in [5.41, 5.74) is 0.391. The average Bonchev–Trinajstić information content (AvgIpc) is 3.09. The molecular formula is C19H17F2N3O3S. The third kappa shape index (κ3) is 5.24. The highest BCUT2D eigenvalue weighted by Gasteiger charge is 2.18. The number of hydrogen-bond acceptors (Lipinski definition) is 5. The summed E-state index contributed by atoms with van der Waals surface area (Å²) in [5.74, 6) is -0.546. The molecule has 3 rings (SSSR count). The molecule has 1 aromatic heterocycles. The van der Waals surface area contributed by atoms with E-state index in [1.807, 2.05) is 0 Å². The number of ether oxygens (including phenoxy) is 2. The molecule has 0 aliphatic carbocycles. The van der Waals surface area contributed by atoms with Crippen LogP contribution in [0.2, 0.25) is 0 Å². The zero-order valence-electron chi connectivity index (χ0n) is 14.9. The van der Waals surface area contributed by atoms with E-state index in [1.54, 1.807) is 12.1 Å². The molecule has 0 aliphatic heterocycles. The van der Waals surface area contributed by atoms with Gasteiger partial charge in [-0.05, 0) is 30.3 Å². The molecule has 0 aliphatic rings. The number of amides is 2. The van der Waals surface area contributed by atoms with E-state index >= 15 is 0 Å². The monoisotopic (exact) mass is 405 g/mol. The van der Waals surface area contributed by atoms with Crippen molar-refractivity contribution in [2.24, 2.45) is 0 Å². The summed E-state index contributed by atoms with van der Waals surface area (Å²) in [6.45, 7) is 0.500. The summed E-state index contributed by atoms with van der Waals surface area (Å²) in [7, 11) is 1.51. The number of hydrogen-bond donors (Lipinski definition) is 1. The minimum atomic E-state index is -0.491. The highest BCUT2D eigenvalue weighted by molar-refractivity contribution is 7.17. The topological polar surface area (TPSA) is 63.7 Å². The van der Waals surface area contributed by atoms with Gasteiger partial charge in [0.2, 0.25) is 5.06 Å². The number of thiazole rings is 1. The van der Waals surface area contributed by atoms with Crippen LogP contribution in [0.5, 0.6) is 10.8 Å². The lowest BCUT2D eigenvalue weighted by atomic mass is 10.3. The highest BCUT2D eigenvalue weighted by atomic mass is 32.1. The van der Waals surface area contributed by atoms with Gasteiger partial charge in [-0.15, -0.1) is 0 Å². The lowest BCUT2D eigenvalue weighted by molar-refractivity contribution is 0.204. The zero-order chi connectivity index (χ0) is 19.9. The van der Waals surface area contributed by atoms with Gasteiger partial charge >= 0.3 is 6.03 Å². The summed E-state index contributed by atoms with van der Waals surface area (Å²) >= 11 is 1.08. The highest BCUT2D eigenvalue weighted by Crippen LogP contribution is 2.31. The summed E-state index contributed by atoms with van der Waals surface area (Å²) in [6, 6.07) is 10.9. The van der Waals surface area contributed by atoms with Crippen LogP contribution in [0.15, 0.2) is 54.7 Å². The molecule has 9 heteroatoms. The van der Waals surface area contributed by atoms with Gasteiger partial charge in [-0.25, -0.2) is 18.6 Å². The minimum Gasteiger partial charge on any atom is -0.445 e. The molecule has 2 amide bonds. The van der Waals surface area contributed by atoms with Gasteiger partial charge in [0.05, 0.1) is 19.3 Å². The van der Waals surface area contributed by atoms with Crippen LogP contribution in [0.25, 0.3) is 0 Å². The molecular weight excluding hydrogens is 388 g/mol. The predicted molar refractivity (Wildman–Crippen MR) is 103 cm³/mol. The van der Waals surface area contributed by atoms with Crippen LogP contribution in [-0.2, 0) is 4.74 Å². The first kappa shape index (κ1) is 19.7. The van der Waals surface area contributed by atoms with Crippen molar-refractivity contribution in [2.45, 2.75) is 0 Å². The molecule has 0 atom stereocenters. The number of nitrogens with zero attached hydrogens (tertiary/aromatic N) is 2. The maximum absolute atomic E-state index is 13.5. The number of halogens is 2. The van der Waals surface area contributed by atoms with Crippen LogP contribution < -0.4 is 15.0 Å². The van der Waals surface area contributed by atoms with E-state index in [4.69, 9.17) is 9.47 Å². The number of carbonyl (C=O) groups excluding carboxylic acids is 1. The quantitative estimate of drug-likeness (QED) is 0.607. The van der Waals surface area contributed by atoms with E-state index in [-0.39, 0.29) is 18.3 Å². The number of methoxy groups -OCH3 is 1. The van der Waals surface area contributed by atoms with Crippen molar-refractivity contribution in [3.8, 4) is 10.8 Å². The van der Waals surface area contributed by atoms with Crippen molar-refractivity contribution < 1.29 is 23.0 Å². The predicted octanol–water partition coefficient (Wildman–Crippen LogP) is 4.90. The van der Waals surface area contributed by atoms with Crippen molar-refractivity contribution in [1.82, 2.24) is 4.98 Å².